The molecule has 1 atom stereocenters. The third-order valence-corrected chi connectivity index (χ3v) is 11.5. The summed E-state index contributed by atoms with van der Waals surface area (Å²) in [4.78, 5) is 0. The molecule has 224 valence electrons. The lowest BCUT2D eigenvalue weighted by Crippen LogP contribution is -2.20. The monoisotopic (exact) mass is 602 g/mol. The van der Waals surface area contributed by atoms with E-state index >= 15 is 0 Å². The zero-order valence-corrected chi connectivity index (χ0v) is 27.4. The van der Waals surface area contributed by atoms with Gasteiger partial charge in [0.1, 0.15) is 0 Å². The molecular formula is C44H43P. The summed E-state index contributed by atoms with van der Waals surface area (Å²) in [5, 5.41) is 6.60. The minimum absolute atomic E-state index is 0.667. The van der Waals surface area contributed by atoms with Crippen molar-refractivity contribution < 1.29 is 0 Å². The first kappa shape index (κ1) is 28.7. The summed E-state index contributed by atoms with van der Waals surface area (Å²) in [6.45, 7) is 0. The van der Waals surface area contributed by atoms with E-state index in [4.69, 9.17) is 0 Å². The van der Waals surface area contributed by atoms with Gasteiger partial charge < -0.3 is 0 Å². The van der Waals surface area contributed by atoms with Crippen LogP contribution in [0.4, 0.5) is 0 Å². The van der Waals surface area contributed by atoms with Gasteiger partial charge in [0.2, 0.25) is 0 Å². The Kier molecular flexibility index (Phi) is 8.03. The second kappa shape index (κ2) is 12.6. The second-order valence-corrected chi connectivity index (χ2v) is 14.1. The van der Waals surface area contributed by atoms with Crippen molar-refractivity contribution in [1.82, 2.24) is 0 Å². The van der Waals surface area contributed by atoms with Gasteiger partial charge in [0.15, 0.2) is 0 Å². The number of benzene rings is 6. The maximum atomic E-state index is 3.31. The second-order valence-electron chi connectivity index (χ2n) is 13.6. The maximum Gasteiger partial charge on any atom is -0.00205 e. The minimum atomic E-state index is 0.667. The first-order chi connectivity index (χ1) is 22.2. The molecular weight excluding hydrogens is 559 g/mol. The summed E-state index contributed by atoms with van der Waals surface area (Å²) in [6, 6.07) is 43.5. The lowest BCUT2D eigenvalue weighted by atomic mass is 9.74. The topological polar surface area (TPSA) is 0 Å². The number of hydrogen-bond acceptors (Lipinski definition) is 0. The molecule has 1 unspecified atom stereocenters. The molecule has 0 aliphatic heterocycles. The molecule has 0 spiro atoms. The van der Waals surface area contributed by atoms with Gasteiger partial charge in [0.25, 0.3) is 0 Å². The van der Waals surface area contributed by atoms with E-state index in [-0.39, 0.29) is 0 Å². The summed E-state index contributed by atoms with van der Waals surface area (Å²) in [5.74, 6) is 1.37. The van der Waals surface area contributed by atoms with Crippen LogP contribution in [-0.4, -0.2) is 0 Å². The Morgan fingerprint density at radius 3 is 1.49 bits per heavy atom. The lowest BCUT2D eigenvalue weighted by molar-refractivity contribution is 0.420. The number of hydrogen-bond donors (Lipinski definition) is 0. The van der Waals surface area contributed by atoms with Crippen LogP contribution in [0.2, 0.25) is 0 Å². The fraction of sp³-hybridized carbons (Fsp3) is 0.273. The average molecular weight is 603 g/mol. The molecule has 2 aliphatic carbocycles. The highest BCUT2D eigenvalue weighted by Crippen LogP contribution is 2.46. The van der Waals surface area contributed by atoms with E-state index in [1.807, 2.05) is 0 Å². The van der Waals surface area contributed by atoms with E-state index in [2.05, 4.69) is 125 Å². The zero-order valence-electron chi connectivity index (χ0n) is 26.3. The fourth-order valence-corrected chi connectivity index (χ4v) is 9.17. The summed E-state index contributed by atoms with van der Waals surface area (Å²) < 4.78 is 0. The number of rotatable bonds is 5. The summed E-state index contributed by atoms with van der Waals surface area (Å²) in [7, 11) is 3.31. The molecule has 0 aromatic heterocycles. The quantitative estimate of drug-likeness (QED) is 0.172. The number of fused-ring (bicyclic) bond motifs is 2. The lowest BCUT2D eigenvalue weighted by Gasteiger charge is -2.32. The predicted octanol–water partition coefficient (Wildman–Crippen LogP) is 12.6. The van der Waals surface area contributed by atoms with Crippen molar-refractivity contribution in [2.75, 3.05) is 0 Å². The van der Waals surface area contributed by atoms with Crippen LogP contribution in [0.5, 0.6) is 0 Å². The van der Waals surface area contributed by atoms with Crippen LogP contribution in [-0.2, 0) is 0 Å². The van der Waals surface area contributed by atoms with Gasteiger partial charge in [-0.1, -0.05) is 142 Å². The van der Waals surface area contributed by atoms with Crippen LogP contribution in [0.15, 0.2) is 115 Å². The molecule has 0 heterocycles. The van der Waals surface area contributed by atoms with E-state index < -0.39 is 0 Å². The minimum Gasteiger partial charge on any atom is -0.105 e. The molecule has 0 saturated heterocycles. The van der Waals surface area contributed by atoms with Gasteiger partial charge in [0, 0.05) is 0 Å². The highest BCUT2D eigenvalue weighted by Gasteiger charge is 2.28. The Morgan fingerprint density at radius 2 is 0.933 bits per heavy atom. The smallest absolute Gasteiger partial charge is 0.00205 e. The van der Waals surface area contributed by atoms with Gasteiger partial charge >= 0.3 is 0 Å². The molecule has 0 amide bonds. The molecule has 2 fully saturated rings. The predicted molar refractivity (Wildman–Crippen MR) is 199 cm³/mol. The van der Waals surface area contributed by atoms with Crippen molar-refractivity contribution in [3.8, 4) is 33.4 Å². The Morgan fingerprint density at radius 1 is 0.422 bits per heavy atom. The van der Waals surface area contributed by atoms with E-state index in [9.17, 15) is 0 Å². The Balaban J connectivity index is 1.38. The van der Waals surface area contributed by atoms with Crippen molar-refractivity contribution in [1.29, 1.82) is 0 Å². The summed E-state index contributed by atoms with van der Waals surface area (Å²) in [5.41, 5.74) is 11.3. The van der Waals surface area contributed by atoms with Crippen molar-refractivity contribution in [3.63, 3.8) is 0 Å². The highest BCUT2D eigenvalue weighted by atomic mass is 31.0. The Bertz CT molecular complexity index is 1890. The van der Waals surface area contributed by atoms with E-state index in [1.165, 1.54) is 124 Å². The maximum absolute atomic E-state index is 3.31. The Hall–Kier alpha value is -3.73. The average Bonchev–Trinajstić information content (AvgIpc) is 3.11. The molecule has 45 heavy (non-hydrogen) atoms. The van der Waals surface area contributed by atoms with Crippen molar-refractivity contribution >= 4 is 36.1 Å². The van der Waals surface area contributed by atoms with Crippen molar-refractivity contribution in [3.05, 3.63) is 126 Å². The third-order valence-electron chi connectivity index (χ3n) is 10.8. The molecule has 8 rings (SSSR count). The molecule has 6 aromatic rings. The van der Waals surface area contributed by atoms with Crippen LogP contribution in [0.3, 0.4) is 0 Å². The third kappa shape index (κ3) is 5.53. The molecule has 0 N–H and O–H groups in total. The van der Waals surface area contributed by atoms with Crippen LogP contribution in [0.1, 0.15) is 87.2 Å². The molecule has 2 aliphatic rings. The SMILES string of the molecule is Pc1c(-c2c(-c3ccc4ccccc4c3)cccc2-c2ccc3ccccc3c2)ccc(C2CCCCC2)c1C1CCCCC1. The first-order valence-corrected chi connectivity index (χ1v) is 17.9. The van der Waals surface area contributed by atoms with Crippen LogP contribution >= 0.6 is 9.24 Å². The molecule has 0 bridgehead atoms. The summed E-state index contributed by atoms with van der Waals surface area (Å²) >= 11 is 0. The molecule has 6 aromatic carbocycles. The Labute approximate surface area is 271 Å². The fourth-order valence-electron chi connectivity index (χ4n) is 8.53. The van der Waals surface area contributed by atoms with E-state index in [0.29, 0.717) is 11.8 Å². The van der Waals surface area contributed by atoms with Gasteiger partial charge in [-0.2, -0.15) is 0 Å². The highest BCUT2D eigenvalue weighted by molar-refractivity contribution is 7.28. The normalized spacial score (nSPS) is 16.4. The van der Waals surface area contributed by atoms with Crippen LogP contribution in [0, 0.1) is 0 Å². The largest absolute Gasteiger partial charge is 0.105 e. The molecule has 2 saturated carbocycles. The van der Waals surface area contributed by atoms with Crippen molar-refractivity contribution in [2.45, 2.75) is 76.0 Å². The molecule has 0 nitrogen and oxygen atoms in total. The molecule has 1 heteroatoms. The van der Waals surface area contributed by atoms with Gasteiger partial charge in [-0.05, 0) is 121 Å². The summed E-state index contributed by atoms with van der Waals surface area (Å²) in [6.07, 6.45) is 13.6. The van der Waals surface area contributed by atoms with Gasteiger partial charge in [0.05, 0.1) is 0 Å². The zero-order chi connectivity index (χ0) is 30.2. The molecule has 0 radical (unpaired) electrons. The van der Waals surface area contributed by atoms with Gasteiger partial charge in [-0.15, -0.1) is 9.24 Å². The van der Waals surface area contributed by atoms with Gasteiger partial charge in [-0.3, -0.25) is 0 Å². The standard InChI is InChI=1S/C44H43P/c45-44-41(27-26-40(32-14-3-1-4-15-32)42(44)33-16-5-2-6-17-33)43-38(36-24-22-30-12-7-9-18-34(30)28-36)20-11-21-39(43)37-25-23-31-13-8-10-19-35(31)29-37/h7-13,18-29,32-33H,1-6,14-17,45H2. The first-order valence-electron chi connectivity index (χ1n) is 17.3. The van der Waals surface area contributed by atoms with Gasteiger partial charge in [-0.25, -0.2) is 0 Å². The van der Waals surface area contributed by atoms with E-state index in [0.717, 1.165) is 0 Å². The van der Waals surface area contributed by atoms with Crippen molar-refractivity contribution in [2.24, 2.45) is 0 Å². The van der Waals surface area contributed by atoms with Crippen LogP contribution in [0.25, 0.3) is 54.9 Å². The van der Waals surface area contributed by atoms with E-state index in [1.54, 1.807) is 11.1 Å². The van der Waals surface area contributed by atoms with Crippen LogP contribution < -0.4 is 5.30 Å².